The first-order chi connectivity index (χ1) is 8.08. The van der Waals surface area contributed by atoms with Crippen LogP contribution < -0.4 is 10.5 Å². The zero-order chi connectivity index (χ0) is 12.4. The molecule has 0 amide bonds. The number of nitrogen functional groups attached to an aromatic ring is 1. The van der Waals surface area contributed by atoms with Gasteiger partial charge in [-0.15, -0.1) is 0 Å². The molecule has 0 saturated carbocycles. The van der Waals surface area contributed by atoms with Gasteiger partial charge in [-0.25, -0.2) is 4.39 Å². The van der Waals surface area contributed by atoms with Crippen molar-refractivity contribution in [3.05, 3.63) is 50.8 Å². The number of benzene rings is 2. The zero-order valence-electron chi connectivity index (χ0n) is 8.58. The first-order valence-corrected chi connectivity index (χ1v) is 6.20. The second-order valence-corrected chi connectivity index (χ2v) is 4.91. The minimum Gasteiger partial charge on any atom is -0.454 e. The summed E-state index contributed by atoms with van der Waals surface area (Å²) in [6.45, 7) is 0. The Morgan fingerprint density at radius 1 is 1.18 bits per heavy atom. The Hall–Kier alpha value is -1.01. The highest BCUT2D eigenvalue weighted by Crippen LogP contribution is 2.33. The molecule has 0 aliphatic rings. The van der Waals surface area contributed by atoms with Crippen molar-refractivity contribution in [2.45, 2.75) is 0 Å². The summed E-state index contributed by atoms with van der Waals surface area (Å²) in [7, 11) is 0. The summed E-state index contributed by atoms with van der Waals surface area (Å²) in [4.78, 5) is 0. The Morgan fingerprint density at radius 3 is 2.59 bits per heavy atom. The molecule has 2 rings (SSSR count). The molecule has 2 nitrogen and oxygen atoms in total. The molecule has 0 aromatic heterocycles. The smallest absolute Gasteiger partial charge is 0.153 e. The largest absolute Gasteiger partial charge is 0.454 e. The molecule has 0 radical (unpaired) electrons. The van der Waals surface area contributed by atoms with Gasteiger partial charge in [-0.2, -0.15) is 0 Å². The highest BCUT2D eigenvalue weighted by atomic mass is 127. The second kappa shape index (κ2) is 5.10. The topological polar surface area (TPSA) is 35.2 Å². The molecule has 88 valence electrons. The van der Waals surface area contributed by atoms with Crippen LogP contribution >= 0.6 is 34.2 Å². The van der Waals surface area contributed by atoms with Crippen molar-refractivity contribution >= 4 is 39.9 Å². The quantitative estimate of drug-likeness (QED) is 0.632. The Kier molecular flexibility index (Phi) is 3.73. The van der Waals surface area contributed by atoms with Crippen LogP contribution in [0.15, 0.2) is 36.4 Å². The number of anilines is 1. The van der Waals surface area contributed by atoms with Crippen molar-refractivity contribution in [2.75, 3.05) is 5.73 Å². The fraction of sp³-hybridized carbons (Fsp3) is 0. The maximum absolute atomic E-state index is 13.3. The van der Waals surface area contributed by atoms with E-state index >= 15 is 0 Å². The fourth-order valence-electron chi connectivity index (χ4n) is 1.28. The summed E-state index contributed by atoms with van der Waals surface area (Å²) in [5.74, 6) is 0.333. The van der Waals surface area contributed by atoms with Crippen molar-refractivity contribution < 1.29 is 9.13 Å². The van der Waals surface area contributed by atoms with E-state index < -0.39 is 5.82 Å². The molecule has 0 heterocycles. The van der Waals surface area contributed by atoms with Gasteiger partial charge in [0.2, 0.25) is 0 Å². The van der Waals surface area contributed by atoms with Gasteiger partial charge in [-0.1, -0.05) is 23.7 Å². The Labute approximate surface area is 117 Å². The number of rotatable bonds is 2. The molecule has 2 aromatic rings. The summed E-state index contributed by atoms with van der Waals surface area (Å²) in [6.07, 6.45) is 0. The first-order valence-electron chi connectivity index (χ1n) is 4.75. The monoisotopic (exact) mass is 363 g/mol. The minimum atomic E-state index is -0.554. The van der Waals surface area contributed by atoms with Crippen molar-refractivity contribution in [1.29, 1.82) is 0 Å². The van der Waals surface area contributed by atoms with Gasteiger partial charge in [0.25, 0.3) is 0 Å². The zero-order valence-corrected chi connectivity index (χ0v) is 11.5. The predicted octanol–water partition coefficient (Wildman–Crippen LogP) is 4.46. The molecular weight excluding hydrogens is 355 g/mol. The van der Waals surface area contributed by atoms with Crippen LogP contribution in [-0.4, -0.2) is 0 Å². The lowest BCUT2D eigenvalue weighted by Gasteiger charge is -2.10. The summed E-state index contributed by atoms with van der Waals surface area (Å²) in [5.41, 5.74) is 6.01. The summed E-state index contributed by atoms with van der Waals surface area (Å²) >= 11 is 7.74. The van der Waals surface area contributed by atoms with E-state index in [1.54, 1.807) is 6.07 Å². The van der Waals surface area contributed by atoms with E-state index in [0.717, 1.165) is 3.57 Å². The maximum Gasteiger partial charge on any atom is 0.153 e. The SMILES string of the molecule is Nc1cc(Cl)c(F)cc1Oc1ccccc1I. The van der Waals surface area contributed by atoms with Crippen LogP contribution in [0.5, 0.6) is 11.5 Å². The Morgan fingerprint density at radius 2 is 1.88 bits per heavy atom. The van der Waals surface area contributed by atoms with Gasteiger partial charge < -0.3 is 10.5 Å². The number of nitrogens with two attached hydrogens (primary N) is 1. The number of hydrogen-bond donors (Lipinski definition) is 1. The van der Waals surface area contributed by atoms with Gasteiger partial charge in [0, 0.05) is 6.07 Å². The number of hydrogen-bond acceptors (Lipinski definition) is 2. The van der Waals surface area contributed by atoms with Gasteiger partial charge in [-0.3, -0.25) is 0 Å². The van der Waals surface area contributed by atoms with E-state index in [1.807, 2.05) is 18.2 Å². The Bertz CT molecular complexity index is 562. The van der Waals surface area contributed by atoms with Crippen LogP contribution in [0.3, 0.4) is 0 Å². The van der Waals surface area contributed by atoms with Gasteiger partial charge in [0.15, 0.2) is 5.75 Å². The van der Waals surface area contributed by atoms with Crippen LogP contribution in [0, 0.1) is 9.39 Å². The molecule has 2 aromatic carbocycles. The molecule has 0 aliphatic heterocycles. The molecular formula is C12H8ClFINO. The van der Waals surface area contributed by atoms with E-state index in [4.69, 9.17) is 22.1 Å². The van der Waals surface area contributed by atoms with Gasteiger partial charge in [0.05, 0.1) is 14.3 Å². The van der Waals surface area contributed by atoms with Crippen LogP contribution in [0.25, 0.3) is 0 Å². The molecule has 17 heavy (non-hydrogen) atoms. The highest BCUT2D eigenvalue weighted by molar-refractivity contribution is 14.1. The van der Waals surface area contributed by atoms with Crippen molar-refractivity contribution in [2.24, 2.45) is 0 Å². The van der Waals surface area contributed by atoms with Crippen molar-refractivity contribution in [3.63, 3.8) is 0 Å². The molecule has 0 unspecified atom stereocenters. The van der Waals surface area contributed by atoms with Crippen LogP contribution in [0.4, 0.5) is 10.1 Å². The van der Waals surface area contributed by atoms with Gasteiger partial charge in [0.1, 0.15) is 11.6 Å². The third kappa shape index (κ3) is 2.81. The molecule has 0 spiro atoms. The molecule has 2 N–H and O–H groups in total. The predicted molar refractivity (Wildman–Crippen MR) is 75.1 cm³/mol. The molecule has 0 saturated heterocycles. The average molecular weight is 364 g/mol. The average Bonchev–Trinajstić information content (AvgIpc) is 2.29. The normalized spacial score (nSPS) is 10.3. The fourth-order valence-corrected chi connectivity index (χ4v) is 1.95. The number of para-hydroxylation sites is 1. The van der Waals surface area contributed by atoms with Crippen molar-refractivity contribution in [3.8, 4) is 11.5 Å². The van der Waals surface area contributed by atoms with E-state index in [0.29, 0.717) is 11.4 Å². The van der Waals surface area contributed by atoms with E-state index in [1.165, 1.54) is 12.1 Å². The highest BCUT2D eigenvalue weighted by Gasteiger charge is 2.09. The van der Waals surface area contributed by atoms with Crippen LogP contribution in [0.1, 0.15) is 0 Å². The lowest BCUT2D eigenvalue weighted by atomic mass is 10.3. The minimum absolute atomic E-state index is 0.0161. The lowest BCUT2D eigenvalue weighted by Crippen LogP contribution is -1.94. The van der Waals surface area contributed by atoms with E-state index in [9.17, 15) is 4.39 Å². The standard InChI is InChI=1S/C12H8ClFINO/c13-7-5-10(16)12(6-8(7)14)17-11-4-2-1-3-9(11)15/h1-6H,16H2. The number of ether oxygens (including phenoxy) is 1. The van der Waals surface area contributed by atoms with Gasteiger partial charge in [-0.05, 0) is 40.8 Å². The number of halogens is 3. The van der Waals surface area contributed by atoms with Crippen LogP contribution in [0.2, 0.25) is 5.02 Å². The summed E-state index contributed by atoms with van der Waals surface area (Å²) in [5, 5.41) is -0.0161. The molecule has 5 heteroatoms. The molecule has 0 atom stereocenters. The van der Waals surface area contributed by atoms with E-state index in [2.05, 4.69) is 22.6 Å². The van der Waals surface area contributed by atoms with Crippen LogP contribution in [-0.2, 0) is 0 Å². The van der Waals surface area contributed by atoms with Crippen molar-refractivity contribution in [1.82, 2.24) is 0 Å². The first kappa shape index (κ1) is 12.4. The third-order valence-corrected chi connectivity index (χ3v) is 3.29. The van der Waals surface area contributed by atoms with Gasteiger partial charge >= 0.3 is 0 Å². The molecule has 0 aliphatic carbocycles. The molecule has 0 bridgehead atoms. The summed E-state index contributed by atoms with van der Waals surface area (Å²) in [6, 6.07) is 9.91. The van der Waals surface area contributed by atoms with E-state index in [-0.39, 0.29) is 10.8 Å². The maximum atomic E-state index is 13.3. The summed E-state index contributed by atoms with van der Waals surface area (Å²) < 4.78 is 19.8. The second-order valence-electron chi connectivity index (χ2n) is 3.34. The Balaban J connectivity index is 2.37. The molecule has 0 fully saturated rings. The lowest BCUT2D eigenvalue weighted by molar-refractivity contribution is 0.476. The third-order valence-electron chi connectivity index (χ3n) is 2.11.